The number of aromatic nitrogens is 1. The molecule has 0 spiro atoms. The second-order valence-corrected chi connectivity index (χ2v) is 4.93. The van der Waals surface area contributed by atoms with Crippen LogP contribution in [-0.4, -0.2) is 4.98 Å². The lowest BCUT2D eigenvalue weighted by molar-refractivity contribution is 0.586. The summed E-state index contributed by atoms with van der Waals surface area (Å²) in [6.07, 6.45) is 12.5. The topological polar surface area (TPSA) is 15.8 Å². The third-order valence-electron chi connectivity index (χ3n) is 3.50. The molecule has 0 saturated heterocycles. The van der Waals surface area contributed by atoms with E-state index in [1.165, 1.54) is 69.2 Å². The molecule has 0 unspecified atom stereocenters. The van der Waals surface area contributed by atoms with Crippen molar-refractivity contribution in [3.8, 4) is 0 Å². The molecular formula is C14H23N. The summed E-state index contributed by atoms with van der Waals surface area (Å²) in [5, 5.41) is 0. The van der Waals surface area contributed by atoms with E-state index in [-0.39, 0.29) is 0 Å². The summed E-state index contributed by atoms with van der Waals surface area (Å²) in [7, 11) is 0. The number of H-pyrrole nitrogens is 1. The fourth-order valence-corrected chi connectivity index (χ4v) is 2.65. The van der Waals surface area contributed by atoms with Crippen molar-refractivity contribution in [1.29, 1.82) is 0 Å². The van der Waals surface area contributed by atoms with E-state index in [1.54, 1.807) is 5.56 Å². The van der Waals surface area contributed by atoms with E-state index >= 15 is 0 Å². The lowest BCUT2D eigenvalue weighted by atomic mass is 10.1. The van der Waals surface area contributed by atoms with Crippen LogP contribution in [-0.2, 0) is 12.8 Å². The molecule has 1 nitrogen and oxygen atoms in total. The first kappa shape index (κ1) is 10.8. The van der Waals surface area contributed by atoms with Gasteiger partial charge in [-0.05, 0) is 44.2 Å². The molecule has 1 heteroatoms. The maximum absolute atomic E-state index is 3.53. The smallest absolute Gasteiger partial charge is 0.0181 e. The number of fused-ring (bicyclic) bond motifs is 1. The second kappa shape index (κ2) is 5.39. The molecule has 0 fully saturated rings. The van der Waals surface area contributed by atoms with Gasteiger partial charge in [0, 0.05) is 11.4 Å². The zero-order valence-corrected chi connectivity index (χ0v) is 9.94. The maximum atomic E-state index is 3.53. The molecule has 0 aliphatic heterocycles. The molecule has 0 bridgehead atoms. The average Bonchev–Trinajstić information content (AvgIpc) is 2.54. The fraction of sp³-hybridized carbons (Fsp3) is 0.714. The van der Waals surface area contributed by atoms with Crippen molar-refractivity contribution >= 4 is 0 Å². The third-order valence-corrected chi connectivity index (χ3v) is 3.50. The third kappa shape index (κ3) is 3.12. The summed E-state index contributed by atoms with van der Waals surface area (Å²) in [5.41, 5.74) is 4.46. The van der Waals surface area contributed by atoms with Crippen molar-refractivity contribution < 1.29 is 0 Å². The van der Waals surface area contributed by atoms with Crippen LogP contribution in [0.5, 0.6) is 0 Å². The summed E-state index contributed by atoms with van der Waals surface area (Å²) in [4.78, 5) is 3.53. The van der Waals surface area contributed by atoms with E-state index in [0.717, 1.165) is 0 Å². The minimum atomic E-state index is 1.27. The summed E-state index contributed by atoms with van der Waals surface area (Å²) in [6.45, 7) is 2.18. The minimum Gasteiger partial charge on any atom is -0.362 e. The van der Waals surface area contributed by atoms with Gasteiger partial charge < -0.3 is 4.98 Å². The van der Waals surface area contributed by atoms with Gasteiger partial charge in [0.25, 0.3) is 0 Å². The van der Waals surface area contributed by atoms with Crippen LogP contribution < -0.4 is 0 Å². The highest BCUT2D eigenvalue weighted by Gasteiger charge is 2.07. The van der Waals surface area contributed by atoms with Crippen LogP contribution in [0, 0.1) is 6.92 Å². The molecule has 1 aliphatic carbocycles. The van der Waals surface area contributed by atoms with Crippen molar-refractivity contribution in [1.82, 2.24) is 4.98 Å². The molecule has 0 amide bonds. The van der Waals surface area contributed by atoms with E-state index in [4.69, 9.17) is 0 Å². The summed E-state index contributed by atoms with van der Waals surface area (Å²) in [5.74, 6) is 0. The first-order chi connectivity index (χ1) is 7.36. The van der Waals surface area contributed by atoms with E-state index < -0.39 is 0 Å². The van der Waals surface area contributed by atoms with Gasteiger partial charge in [-0.25, -0.2) is 0 Å². The first-order valence-corrected chi connectivity index (χ1v) is 6.53. The van der Waals surface area contributed by atoms with Crippen LogP contribution in [0.25, 0.3) is 0 Å². The Bertz CT molecular complexity index is 271. The highest BCUT2D eigenvalue weighted by molar-refractivity contribution is 5.25. The number of rotatable bonds is 0. The van der Waals surface area contributed by atoms with Gasteiger partial charge in [-0.3, -0.25) is 0 Å². The Balaban J connectivity index is 2.04. The van der Waals surface area contributed by atoms with Gasteiger partial charge >= 0.3 is 0 Å². The van der Waals surface area contributed by atoms with Gasteiger partial charge in [0.1, 0.15) is 0 Å². The largest absolute Gasteiger partial charge is 0.362 e. The molecule has 0 saturated carbocycles. The van der Waals surface area contributed by atoms with Gasteiger partial charge in [0.05, 0.1) is 0 Å². The molecule has 0 atom stereocenters. The Labute approximate surface area is 93.3 Å². The van der Waals surface area contributed by atoms with Gasteiger partial charge in [0.15, 0.2) is 0 Å². The predicted molar refractivity (Wildman–Crippen MR) is 65.3 cm³/mol. The van der Waals surface area contributed by atoms with E-state index in [9.17, 15) is 0 Å². The Hall–Kier alpha value is -0.720. The Morgan fingerprint density at radius 3 is 2.20 bits per heavy atom. The monoisotopic (exact) mass is 205 g/mol. The zero-order chi connectivity index (χ0) is 10.5. The highest BCUT2D eigenvalue weighted by atomic mass is 14.7. The van der Waals surface area contributed by atoms with E-state index in [2.05, 4.69) is 18.0 Å². The molecule has 1 aliphatic rings. The molecule has 2 rings (SSSR count). The van der Waals surface area contributed by atoms with Gasteiger partial charge in [0.2, 0.25) is 0 Å². The normalized spacial score (nSPS) is 19.3. The lowest BCUT2D eigenvalue weighted by Crippen LogP contribution is -1.92. The summed E-state index contributed by atoms with van der Waals surface area (Å²) >= 11 is 0. The van der Waals surface area contributed by atoms with Crippen LogP contribution in [0.2, 0.25) is 0 Å². The molecule has 84 valence electrons. The van der Waals surface area contributed by atoms with Crippen LogP contribution >= 0.6 is 0 Å². The molecule has 0 aromatic carbocycles. The van der Waals surface area contributed by atoms with Crippen LogP contribution in [0.1, 0.15) is 61.9 Å². The van der Waals surface area contributed by atoms with Crippen molar-refractivity contribution in [2.24, 2.45) is 0 Å². The fourth-order valence-electron chi connectivity index (χ4n) is 2.65. The SMILES string of the molecule is Cc1cc2c([nH]1)CCCCCCCCC2. The van der Waals surface area contributed by atoms with Crippen molar-refractivity contribution in [2.75, 3.05) is 0 Å². The molecule has 1 N–H and O–H groups in total. The van der Waals surface area contributed by atoms with Crippen LogP contribution in [0.3, 0.4) is 0 Å². The Morgan fingerprint density at radius 1 is 0.867 bits per heavy atom. The molecular weight excluding hydrogens is 182 g/mol. The number of nitrogens with one attached hydrogen (secondary N) is 1. The van der Waals surface area contributed by atoms with Crippen molar-refractivity contribution in [3.05, 3.63) is 23.0 Å². The lowest BCUT2D eigenvalue weighted by Gasteiger charge is -2.02. The Kier molecular flexibility index (Phi) is 3.87. The first-order valence-electron chi connectivity index (χ1n) is 6.53. The number of hydrogen-bond donors (Lipinski definition) is 1. The quantitative estimate of drug-likeness (QED) is 0.655. The Morgan fingerprint density at radius 2 is 1.47 bits per heavy atom. The van der Waals surface area contributed by atoms with Gasteiger partial charge in [-0.1, -0.05) is 32.1 Å². The predicted octanol–water partition coefficient (Wildman–Crippen LogP) is 4.15. The number of aromatic amines is 1. The summed E-state index contributed by atoms with van der Waals surface area (Å²) < 4.78 is 0. The zero-order valence-electron chi connectivity index (χ0n) is 9.94. The maximum Gasteiger partial charge on any atom is 0.0181 e. The highest BCUT2D eigenvalue weighted by Crippen LogP contribution is 2.19. The van der Waals surface area contributed by atoms with Crippen LogP contribution in [0.4, 0.5) is 0 Å². The second-order valence-electron chi connectivity index (χ2n) is 4.93. The summed E-state index contributed by atoms with van der Waals surface area (Å²) in [6, 6.07) is 2.35. The average molecular weight is 205 g/mol. The minimum absolute atomic E-state index is 1.27. The number of aryl methyl sites for hydroxylation is 3. The molecule has 1 aromatic heterocycles. The van der Waals surface area contributed by atoms with Crippen LogP contribution in [0.15, 0.2) is 6.07 Å². The van der Waals surface area contributed by atoms with E-state index in [0.29, 0.717) is 0 Å². The number of hydrogen-bond acceptors (Lipinski definition) is 0. The molecule has 0 radical (unpaired) electrons. The standard InChI is InChI=1S/C14H23N/c1-12-11-13-9-7-5-3-2-4-6-8-10-14(13)15-12/h11,15H,2-10H2,1H3. The molecule has 1 heterocycles. The van der Waals surface area contributed by atoms with Crippen molar-refractivity contribution in [2.45, 2.75) is 64.7 Å². The van der Waals surface area contributed by atoms with Gasteiger partial charge in [-0.2, -0.15) is 0 Å². The van der Waals surface area contributed by atoms with E-state index in [1.807, 2.05) is 0 Å². The van der Waals surface area contributed by atoms with Crippen molar-refractivity contribution in [3.63, 3.8) is 0 Å². The molecule has 15 heavy (non-hydrogen) atoms. The van der Waals surface area contributed by atoms with Gasteiger partial charge in [-0.15, -0.1) is 0 Å². The molecule has 1 aromatic rings.